The molecule has 0 aliphatic carbocycles. The Morgan fingerprint density at radius 1 is 1.28 bits per heavy atom. The molecule has 5 N–H and O–H groups in total. The highest BCUT2D eigenvalue weighted by atomic mass is 16.4. The van der Waals surface area contributed by atoms with Gasteiger partial charge in [0.05, 0.1) is 12.2 Å². The van der Waals surface area contributed by atoms with Crippen LogP contribution in [0.1, 0.15) is 11.1 Å². The van der Waals surface area contributed by atoms with Crippen LogP contribution in [-0.4, -0.2) is 38.3 Å². The van der Waals surface area contributed by atoms with Crippen LogP contribution in [0.2, 0.25) is 0 Å². The van der Waals surface area contributed by atoms with Gasteiger partial charge < -0.3 is 21.1 Å². The van der Waals surface area contributed by atoms with Crippen molar-refractivity contribution in [3.05, 3.63) is 23.3 Å². The monoisotopic (exact) mass is 252 g/mol. The smallest absolute Gasteiger partial charge is 0.408 e. The summed E-state index contributed by atoms with van der Waals surface area (Å²) in [6.45, 7) is -0.0739. The maximum atomic E-state index is 11.0. The van der Waals surface area contributed by atoms with Crippen molar-refractivity contribution in [3.63, 3.8) is 0 Å². The van der Waals surface area contributed by atoms with Crippen LogP contribution in [0.25, 0.3) is 0 Å². The fourth-order valence-electron chi connectivity index (χ4n) is 2.07. The van der Waals surface area contributed by atoms with Crippen molar-refractivity contribution >= 4 is 17.7 Å². The molecular formula is C11H12N2O5. The molecule has 18 heavy (non-hydrogen) atoms. The maximum Gasteiger partial charge on any atom is 0.408 e. The first-order valence-electron chi connectivity index (χ1n) is 5.22. The predicted octanol–water partition coefficient (Wildman–Crippen LogP) is 0.464. The summed E-state index contributed by atoms with van der Waals surface area (Å²) < 4.78 is 0. The molecule has 1 aromatic rings. The summed E-state index contributed by atoms with van der Waals surface area (Å²) in [6, 6.07) is 1.73. The van der Waals surface area contributed by atoms with E-state index in [9.17, 15) is 14.7 Å². The van der Waals surface area contributed by atoms with E-state index in [1.165, 1.54) is 12.1 Å². The zero-order valence-corrected chi connectivity index (χ0v) is 9.33. The number of aromatic hydroxyl groups is 1. The molecule has 0 saturated carbocycles. The van der Waals surface area contributed by atoms with Gasteiger partial charge in [-0.1, -0.05) is 0 Å². The molecule has 0 saturated heterocycles. The molecular weight excluding hydrogens is 240 g/mol. The van der Waals surface area contributed by atoms with Crippen molar-refractivity contribution in [1.29, 1.82) is 0 Å². The first-order valence-corrected chi connectivity index (χ1v) is 5.22. The van der Waals surface area contributed by atoms with Gasteiger partial charge in [-0.05, 0) is 23.3 Å². The Balaban J connectivity index is 2.44. The van der Waals surface area contributed by atoms with Crippen molar-refractivity contribution in [3.8, 4) is 5.75 Å². The maximum absolute atomic E-state index is 11.0. The summed E-state index contributed by atoms with van der Waals surface area (Å²) in [5, 5.41) is 27.5. The zero-order chi connectivity index (χ0) is 13.4. The van der Waals surface area contributed by atoms with E-state index in [0.717, 1.165) is 4.90 Å². The largest absolute Gasteiger partial charge is 0.506 e. The van der Waals surface area contributed by atoms with Gasteiger partial charge in [0, 0.05) is 6.42 Å². The Morgan fingerprint density at radius 3 is 2.50 bits per heavy atom. The molecule has 1 atom stereocenters. The first kappa shape index (κ1) is 12.0. The second-order valence-corrected chi connectivity index (χ2v) is 4.15. The number of phenols is 1. The first-order chi connectivity index (χ1) is 8.40. The average Bonchev–Trinajstić information content (AvgIpc) is 2.28. The highest BCUT2D eigenvalue weighted by molar-refractivity contribution is 5.80. The van der Waals surface area contributed by atoms with Gasteiger partial charge in [-0.25, -0.2) is 9.59 Å². The number of nitrogens with zero attached hydrogens (tertiary/aromatic N) is 1. The fraction of sp³-hybridized carbons (Fsp3) is 0.273. The molecule has 96 valence electrons. The third kappa shape index (κ3) is 1.90. The molecule has 0 aromatic heterocycles. The van der Waals surface area contributed by atoms with Crippen LogP contribution in [0.15, 0.2) is 12.1 Å². The molecule has 0 radical (unpaired) electrons. The van der Waals surface area contributed by atoms with Crippen molar-refractivity contribution in [2.24, 2.45) is 0 Å². The molecule has 0 fully saturated rings. The number of nitrogens with two attached hydrogens (primary N) is 1. The van der Waals surface area contributed by atoms with E-state index in [2.05, 4.69) is 0 Å². The number of amides is 1. The number of carbonyl (C=O) groups is 2. The van der Waals surface area contributed by atoms with E-state index in [1.807, 2.05) is 0 Å². The highest BCUT2D eigenvalue weighted by Gasteiger charge is 2.34. The van der Waals surface area contributed by atoms with E-state index >= 15 is 0 Å². The zero-order valence-electron chi connectivity index (χ0n) is 9.33. The minimum absolute atomic E-state index is 0.0431. The summed E-state index contributed by atoms with van der Waals surface area (Å²) in [6.07, 6.45) is -1.26. The van der Waals surface area contributed by atoms with Gasteiger partial charge in [-0.3, -0.25) is 4.90 Å². The van der Waals surface area contributed by atoms with Crippen molar-refractivity contribution in [1.82, 2.24) is 4.90 Å². The number of anilines is 1. The molecule has 1 unspecified atom stereocenters. The number of aliphatic carboxylic acids is 1. The molecule has 0 bridgehead atoms. The average molecular weight is 252 g/mol. The lowest BCUT2D eigenvalue weighted by molar-refractivity contribution is -0.143. The lowest BCUT2D eigenvalue weighted by Crippen LogP contribution is -2.48. The predicted molar refractivity (Wildman–Crippen MR) is 61.2 cm³/mol. The second-order valence-electron chi connectivity index (χ2n) is 4.15. The Hall–Kier alpha value is -2.44. The van der Waals surface area contributed by atoms with Crippen LogP contribution in [-0.2, 0) is 17.8 Å². The minimum atomic E-state index is -1.30. The molecule has 2 rings (SSSR count). The number of hydrogen-bond acceptors (Lipinski definition) is 4. The van der Waals surface area contributed by atoms with Crippen LogP contribution in [0.5, 0.6) is 5.75 Å². The van der Waals surface area contributed by atoms with Gasteiger partial charge >= 0.3 is 12.1 Å². The summed E-state index contributed by atoms with van der Waals surface area (Å²) >= 11 is 0. The van der Waals surface area contributed by atoms with Gasteiger partial charge in [0.15, 0.2) is 0 Å². The van der Waals surface area contributed by atoms with Gasteiger partial charge in [0.2, 0.25) is 0 Å². The molecule has 7 nitrogen and oxygen atoms in total. The molecule has 7 heteroatoms. The number of phenolic OH excluding ortho intramolecular Hbond substituents is 1. The third-order valence-corrected chi connectivity index (χ3v) is 3.01. The number of fused-ring (bicyclic) bond motifs is 1. The Morgan fingerprint density at radius 2 is 1.94 bits per heavy atom. The standard InChI is InChI=1S/C11H12N2O5/c12-7-1-5-2-8(10(15)16)13(11(17)18)4-6(5)3-9(7)14/h1,3,8,14H,2,4,12H2,(H,15,16)(H,17,18). The van der Waals surface area contributed by atoms with Crippen LogP contribution < -0.4 is 5.73 Å². The molecule has 1 aliphatic heterocycles. The molecule has 1 aliphatic rings. The van der Waals surface area contributed by atoms with E-state index in [-0.39, 0.29) is 24.4 Å². The van der Waals surface area contributed by atoms with E-state index < -0.39 is 18.1 Å². The summed E-state index contributed by atoms with van der Waals surface area (Å²) in [5.74, 6) is -1.33. The molecule has 0 spiro atoms. The van der Waals surface area contributed by atoms with Crippen molar-refractivity contribution < 1.29 is 24.9 Å². The van der Waals surface area contributed by atoms with Crippen LogP contribution >= 0.6 is 0 Å². The topological polar surface area (TPSA) is 124 Å². The fourth-order valence-corrected chi connectivity index (χ4v) is 2.07. The van der Waals surface area contributed by atoms with Crippen LogP contribution in [0.3, 0.4) is 0 Å². The van der Waals surface area contributed by atoms with Gasteiger partial charge in [0.25, 0.3) is 0 Å². The van der Waals surface area contributed by atoms with E-state index in [0.29, 0.717) is 11.1 Å². The minimum Gasteiger partial charge on any atom is -0.506 e. The number of carboxylic acid groups (broad SMARTS) is 2. The van der Waals surface area contributed by atoms with Crippen LogP contribution in [0.4, 0.5) is 10.5 Å². The molecule has 1 amide bonds. The Labute approximate surface area is 102 Å². The lowest BCUT2D eigenvalue weighted by Gasteiger charge is -2.32. The number of rotatable bonds is 1. The number of carboxylic acids is 1. The third-order valence-electron chi connectivity index (χ3n) is 3.01. The molecule has 1 heterocycles. The summed E-state index contributed by atoms with van der Waals surface area (Å²) in [7, 11) is 0. The lowest BCUT2D eigenvalue weighted by atomic mass is 9.93. The number of hydrogen-bond donors (Lipinski definition) is 4. The quantitative estimate of drug-likeness (QED) is 0.425. The van der Waals surface area contributed by atoms with Gasteiger partial charge in [0.1, 0.15) is 11.8 Å². The van der Waals surface area contributed by atoms with Crippen LogP contribution in [0, 0.1) is 0 Å². The van der Waals surface area contributed by atoms with E-state index in [1.54, 1.807) is 0 Å². The number of benzene rings is 1. The normalized spacial score (nSPS) is 18.2. The number of nitrogen functional groups attached to an aromatic ring is 1. The molecule has 1 aromatic carbocycles. The summed E-state index contributed by atoms with van der Waals surface area (Å²) in [5.41, 5.74) is 6.91. The van der Waals surface area contributed by atoms with E-state index in [4.69, 9.17) is 15.9 Å². The van der Waals surface area contributed by atoms with Gasteiger partial charge in [-0.2, -0.15) is 0 Å². The van der Waals surface area contributed by atoms with Gasteiger partial charge in [-0.15, -0.1) is 0 Å². The SMILES string of the molecule is Nc1cc2c(cc1O)CN(C(=O)O)C(C(=O)O)C2. The van der Waals surface area contributed by atoms with Crippen molar-refractivity contribution in [2.45, 2.75) is 19.0 Å². The Kier molecular flexibility index (Phi) is 2.74. The van der Waals surface area contributed by atoms with Crippen molar-refractivity contribution in [2.75, 3.05) is 5.73 Å². The highest BCUT2D eigenvalue weighted by Crippen LogP contribution is 2.30. The summed E-state index contributed by atoms with van der Waals surface area (Å²) in [4.78, 5) is 22.9. The second kappa shape index (κ2) is 4.10. The Bertz CT molecular complexity index is 481.